The van der Waals surface area contributed by atoms with E-state index in [0.717, 1.165) is 6.04 Å². The van der Waals surface area contributed by atoms with Crippen molar-refractivity contribution in [2.45, 2.75) is 58.4 Å². The molecule has 0 amide bonds. The van der Waals surface area contributed by atoms with Gasteiger partial charge in [0, 0.05) is 24.8 Å². The van der Waals surface area contributed by atoms with Crippen LogP contribution in [0.4, 0.5) is 0 Å². The summed E-state index contributed by atoms with van der Waals surface area (Å²) in [6.45, 7) is 8.87. The molecule has 1 heteroatoms. The summed E-state index contributed by atoms with van der Waals surface area (Å²) in [5, 5.41) is 0. The van der Waals surface area contributed by atoms with Crippen LogP contribution < -0.4 is 0 Å². The Bertz CT molecular complexity index is 351. The Hall–Kier alpha value is -0.820. The van der Waals surface area contributed by atoms with Crippen LogP contribution in [0.15, 0.2) is 30.3 Å². The Morgan fingerprint density at radius 1 is 1.00 bits per heavy atom. The second-order valence-corrected chi connectivity index (χ2v) is 6.14. The highest BCUT2D eigenvalue weighted by Gasteiger charge is 2.39. The van der Waals surface area contributed by atoms with Gasteiger partial charge in [-0.1, -0.05) is 50.6 Å². The van der Waals surface area contributed by atoms with Crippen molar-refractivity contribution in [3.63, 3.8) is 0 Å². The molecule has 0 radical (unpaired) electrons. The first kappa shape index (κ1) is 14.6. The Labute approximate surface area is 119 Å². The lowest BCUT2D eigenvalue weighted by atomic mass is 9.99. The topological polar surface area (TPSA) is 0 Å². The lowest BCUT2D eigenvalue weighted by Crippen LogP contribution is -2.48. The minimum Gasteiger partial charge on any atom is -0.317 e. The van der Waals surface area contributed by atoms with Gasteiger partial charge in [-0.3, -0.25) is 0 Å². The van der Waals surface area contributed by atoms with Gasteiger partial charge in [0.05, 0.1) is 19.6 Å². The van der Waals surface area contributed by atoms with E-state index in [1.165, 1.54) is 62.6 Å². The zero-order chi connectivity index (χ0) is 13.6. The smallest absolute Gasteiger partial charge is 0.114 e. The van der Waals surface area contributed by atoms with Crippen molar-refractivity contribution in [2.24, 2.45) is 0 Å². The van der Waals surface area contributed by atoms with Crippen molar-refractivity contribution in [3.05, 3.63) is 35.9 Å². The highest BCUT2D eigenvalue weighted by molar-refractivity contribution is 5.17. The van der Waals surface area contributed by atoms with Gasteiger partial charge < -0.3 is 4.48 Å². The molecule has 1 aromatic carbocycles. The Balaban J connectivity index is 2.16. The maximum Gasteiger partial charge on any atom is 0.114 e. The minimum atomic E-state index is 0.723. The van der Waals surface area contributed by atoms with E-state index in [1.807, 2.05) is 0 Å². The van der Waals surface area contributed by atoms with Crippen LogP contribution >= 0.6 is 0 Å². The monoisotopic (exact) mass is 260 g/mol. The van der Waals surface area contributed by atoms with Gasteiger partial charge in [0.25, 0.3) is 0 Å². The Morgan fingerprint density at radius 3 is 2.26 bits per heavy atom. The predicted octanol–water partition coefficient (Wildman–Crippen LogP) is 4.94. The van der Waals surface area contributed by atoms with Gasteiger partial charge in [-0.15, -0.1) is 0 Å². The van der Waals surface area contributed by atoms with Crippen molar-refractivity contribution in [1.82, 2.24) is 0 Å². The molecule has 0 N–H and O–H groups in total. The van der Waals surface area contributed by atoms with Gasteiger partial charge in [0.1, 0.15) is 6.04 Å². The summed E-state index contributed by atoms with van der Waals surface area (Å²) >= 11 is 0. The molecular weight excluding hydrogens is 230 g/mol. The summed E-state index contributed by atoms with van der Waals surface area (Å²) in [5.41, 5.74) is 1.56. The highest BCUT2D eigenvalue weighted by atomic mass is 15.4. The molecule has 1 fully saturated rings. The number of benzene rings is 1. The van der Waals surface area contributed by atoms with Crippen molar-refractivity contribution in [1.29, 1.82) is 0 Å². The summed E-state index contributed by atoms with van der Waals surface area (Å²) in [7, 11) is 0. The van der Waals surface area contributed by atoms with Gasteiger partial charge in [0.2, 0.25) is 0 Å². The van der Waals surface area contributed by atoms with Crippen LogP contribution in [-0.2, 0) is 0 Å². The van der Waals surface area contributed by atoms with Gasteiger partial charge in [-0.05, 0) is 12.8 Å². The molecule has 1 aliphatic rings. The van der Waals surface area contributed by atoms with E-state index >= 15 is 0 Å². The minimum absolute atomic E-state index is 0.723. The van der Waals surface area contributed by atoms with E-state index in [0.29, 0.717) is 0 Å². The van der Waals surface area contributed by atoms with Gasteiger partial charge in [-0.2, -0.15) is 0 Å². The zero-order valence-electron chi connectivity index (χ0n) is 12.8. The molecular formula is C18H30N+. The Morgan fingerprint density at radius 2 is 1.68 bits per heavy atom. The molecule has 1 aliphatic heterocycles. The normalized spacial score (nSPS) is 19.5. The van der Waals surface area contributed by atoms with Crippen LogP contribution in [0.2, 0.25) is 0 Å². The molecule has 1 aromatic rings. The second-order valence-electron chi connectivity index (χ2n) is 6.14. The third-order valence-corrected chi connectivity index (χ3v) is 4.90. The quantitative estimate of drug-likeness (QED) is 0.481. The fraction of sp³-hybridized carbons (Fsp3) is 0.667. The SMILES string of the molecule is CCCCC[N+]1(C(CC)c2ccccc2)CCCC1. The highest BCUT2D eigenvalue weighted by Crippen LogP contribution is 2.36. The summed E-state index contributed by atoms with van der Waals surface area (Å²) in [6.07, 6.45) is 8.26. The number of nitrogens with zero attached hydrogens (tertiary/aromatic N) is 1. The van der Waals surface area contributed by atoms with E-state index in [-0.39, 0.29) is 0 Å². The van der Waals surface area contributed by atoms with Crippen molar-refractivity contribution in [3.8, 4) is 0 Å². The third kappa shape index (κ3) is 3.39. The van der Waals surface area contributed by atoms with Crippen LogP contribution in [0.25, 0.3) is 0 Å². The molecule has 2 rings (SSSR count). The third-order valence-electron chi connectivity index (χ3n) is 4.90. The van der Waals surface area contributed by atoms with Crippen LogP contribution in [-0.4, -0.2) is 24.1 Å². The molecule has 0 aromatic heterocycles. The molecule has 1 atom stereocenters. The molecule has 0 saturated carbocycles. The zero-order valence-corrected chi connectivity index (χ0v) is 12.8. The van der Waals surface area contributed by atoms with E-state index in [2.05, 4.69) is 44.2 Å². The predicted molar refractivity (Wildman–Crippen MR) is 83.1 cm³/mol. The molecule has 0 aliphatic carbocycles. The fourth-order valence-corrected chi connectivity index (χ4v) is 3.95. The summed E-state index contributed by atoms with van der Waals surface area (Å²) in [6, 6.07) is 12.0. The van der Waals surface area contributed by atoms with E-state index in [1.54, 1.807) is 5.56 Å². The largest absolute Gasteiger partial charge is 0.317 e. The van der Waals surface area contributed by atoms with Gasteiger partial charge >= 0.3 is 0 Å². The van der Waals surface area contributed by atoms with Crippen LogP contribution in [0.3, 0.4) is 0 Å². The first-order valence-corrected chi connectivity index (χ1v) is 8.23. The van der Waals surface area contributed by atoms with Crippen LogP contribution in [0.5, 0.6) is 0 Å². The van der Waals surface area contributed by atoms with Crippen LogP contribution in [0.1, 0.15) is 64.0 Å². The summed E-state index contributed by atoms with van der Waals surface area (Å²) in [5.74, 6) is 0. The maximum absolute atomic E-state index is 2.37. The first-order valence-electron chi connectivity index (χ1n) is 8.23. The second kappa shape index (κ2) is 7.09. The van der Waals surface area contributed by atoms with Crippen molar-refractivity contribution in [2.75, 3.05) is 19.6 Å². The fourth-order valence-electron chi connectivity index (χ4n) is 3.95. The average molecular weight is 260 g/mol. The number of hydrogen-bond acceptors (Lipinski definition) is 0. The van der Waals surface area contributed by atoms with Gasteiger partial charge in [0.15, 0.2) is 0 Å². The van der Waals surface area contributed by atoms with Crippen molar-refractivity contribution >= 4 is 0 Å². The number of likely N-dealkylation sites (tertiary alicyclic amines) is 1. The van der Waals surface area contributed by atoms with Crippen LogP contribution in [0, 0.1) is 0 Å². The maximum atomic E-state index is 2.37. The molecule has 1 nitrogen and oxygen atoms in total. The molecule has 1 saturated heterocycles. The molecule has 0 spiro atoms. The number of hydrogen-bond donors (Lipinski definition) is 0. The van der Waals surface area contributed by atoms with Crippen molar-refractivity contribution < 1.29 is 4.48 Å². The van der Waals surface area contributed by atoms with E-state index in [4.69, 9.17) is 0 Å². The number of rotatable bonds is 7. The molecule has 19 heavy (non-hydrogen) atoms. The standard InChI is InChI=1S/C18H30N/c1-3-5-9-14-19(15-10-11-16-19)18(4-2)17-12-7-6-8-13-17/h6-8,12-13,18H,3-5,9-11,14-16H2,1-2H3/q+1. The first-order chi connectivity index (χ1) is 9.32. The van der Waals surface area contributed by atoms with E-state index < -0.39 is 0 Å². The molecule has 1 heterocycles. The lowest BCUT2D eigenvalue weighted by molar-refractivity contribution is -0.946. The average Bonchev–Trinajstić information content (AvgIpc) is 2.91. The summed E-state index contributed by atoms with van der Waals surface area (Å²) < 4.78 is 1.36. The Kier molecular flexibility index (Phi) is 5.45. The lowest BCUT2D eigenvalue weighted by Gasteiger charge is -2.42. The number of unbranched alkanes of at least 4 members (excludes halogenated alkanes) is 2. The number of quaternary nitrogens is 1. The molecule has 0 bridgehead atoms. The molecule has 1 unspecified atom stereocenters. The molecule has 106 valence electrons. The van der Waals surface area contributed by atoms with Gasteiger partial charge in [-0.25, -0.2) is 0 Å². The van der Waals surface area contributed by atoms with E-state index in [9.17, 15) is 0 Å². The summed E-state index contributed by atoms with van der Waals surface area (Å²) in [4.78, 5) is 0.